The van der Waals surface area contributed by atoms with Crippen molar-refractivity contribution in [1.82, 2.24) is 4.90 Å². The van der Waals surface area contributed by atoms with E-state index >= 15 is 0 Å². The molecular formula is C19H27ClN2O2. The minimum atomic E-state index is -0.0911. The van der Waals surface area contributed by atoms with Gasteiger partial charge in [-0.25, -0.2) is 0 Å². The summed E-state index contributed by atoms with van der Waals surface area (Å²) < 4.78 is 6.00. The number of benzene rings is 1. The maximum Gasteiger partial charge on any atom is 0.228 e. The van der Waals surface area contributed by atoms with Crippen LogP contribution in [0.1, 0.15) is 37.4 Å². The van der Waals surface area contributed by atoms with Crippen molar-refractivity contribution in [2.24, 2.45) is 23.5 Å². The summed E-state index contributed by atoms with van der Waals surface area (Å²) in [4.78, 5) is 15.2. The molecule has 24 heavy (non-hydrogen) atoms. The lowest BCUT2D eigenvalue weighted by atomic mass is 9.88. The minimum absolute atomic E-state index is 0. The fourth-order valence-corrected chi connectivity index (χ4v) is 4.73. The molecule has 2 N–H and O–H groups in total. The standard InChI is InChI=1S/C19H26N2O2.ClH/c20-17-9-8-14-11-21(12-16(14)17)19(22)15-7-4-10-23-18(15)13-5-2-1-3-6-13;/h1-3,5-6,14-18H,4,7-12,20H2;1H. The molecule has 3 aliphatic rings. The molecule has 1 aliphatic carbocycles. The van der Waals surface area contributed by atoms with Gasteiger partial charge in [0.1, 0.15) is 0 Å². The van der Waals surface area contributed by atoms with E-state index in [9.17, 15) is 4.79 Å². The molecule has 2 aliphatic heterocycles. The zero-order valence-corrected chi connectivity index (χ0v) is 14.8. The first-order valence-corrected chi connectivity index (χ1v) is 8.95. The third-order valence-electron chi connectivity index (χ3n) is 5.99. The normalized spacial score (nSPS) is 35.4. The summed E-state index contributed by atoms with van der Waals surface area (Å²) in [5, 5.41) is 0. The van der Waals surface area contributed by atoms with E-state index < -0.39 is 0 Å². The summed E-state index contributed by atoms with van der Waals surface area (Å²) in [5.41, 5.74) is 7.34. The van der Waals surface area contributed by atoms with Crippen molar-refractivity contribution in [3.63, 3.8) is 0 Å². The number of halogens is 1. The van der Waals surface area contributed by atoms with Crippen molar-refractivity contribution in [3.05, 3.63) is 35.9 Å². The number of rotatable bonds is 2. The molecule has 5 atom stereocenters. The molecule has 0 radical (unpaired) electrons. The van der Waals surface area contributed by atoms with Gasteiger partial charge >= 0.3 is 0 Å². The summed E-state index contributed by atoms with van der Waals surface area (Å²) in [6.45, 7) is 2.50. The second-order valence-electron chi connectivity index (χ2n) is 7.36. The maximum absolute atomic E-state index is 13.1. The molecule has 0 bridgehead atoms. The highest BCUT2D eigenvalue weighted by Gasteiger charge is 2.45. The molecular weight excluding hydrogens is 324 g/mol. The first-order chi connectivity index (χ1) is 11.2. The van der Waals surface area contributed by atoms with Gasteiger partial charge in [0.05, 0.1) is 12.0 Å². The predicted molar refractivity (Wildman–Crippen MR) is 95.9 cm³/mol. The molecule has 1 saturated carbocycles. The van der Waals surface area contributed by atoms with Crippen LogP contribution in [0.25, 0.3) is 0 Å². The first kappa shape index (κ1) is 17.7. The Labute approximate surface area is 150 Å². The molecule has 1 aromatic carbocycles. The molecule has 0 spiro atoms. The molecule has 1 amide bonds. The second kappa shape index (κ2) is 7.42. The lowest BCUT2D eigenvalue weighted by Gasteiger charge is -2.34. The number of amides is 1. The van der Waals surface area contributed by atoms with E-state index in [1.807, 2.05) is 18.2 Å². The fraction of sp³-hybridized carbons (Fsp3) is 0.632. The number of fused-ring (bicyclic) bond motifs is 1. The third-order valence-corrected chi connectivity index (χ3v) is 5.99. The predicted octanol–water partition coefficient (Wildman–Crippen LogP) is 2.77. The van der Waals surface area contributed by atoms with Gasteiger partial charge in [-0.2, -0.15) is 0 Å². The quantitative estimate of drug-likeness (QED) is 0.892. The number of likely N-dealkylation sites (tertiary alicyclic amines) is 1. The largest absolute Gasteiger partial charge is 0.373 e. The Bertz CT molecular complexity index is 568. The van der Waals surface area contributed by atoms with Crippen LogP contribution in [0.15, 0.2) is 30.3 Å². The summed E-state index contributed by atoms with van der Waals surface area (Å²) >= 11 is 0. The molecule has 4 nitrogen and oxygen atoms in total. The Kier molecular flexibility index (Phi) is 5.48. The van der Waals surface area contributed by atoms with Crippen LogP contribution in [0.4, 0.5) is 0 Å². The minimum Gasteiger partial charge on any atom is -0.373 e. The molecule has 1 aromatic rings. The molecule has 5 heteroatoms. The molecule has 4 rings (SSSR count). The van der Waals surface area contributed by atoms with Gasteiger partial charge in [-0.15, -0.1) is 12.4 Å². The topological polar surface area (TPSA) is 55.6 Å². The Balaban J connectivity index is 0.00000169. The van der Waals surface area contributed by atoms with E-state index in [4.69, 9.17) is 10.5 Å². The van der Waals surface area contributed by atoms with Crippen LogP contribution in [0.5, 0.6) is 0 Å². The van der Waals surface area contributed by atoms with E-state index in [1.54, 1.807) is 0 Å². The van der Waals surface area contributed by atoms with Gasteiger partial charge in [0, 0.05) is 25.7 Å². The zero-order valence-electron chi connectivity index (χ0n) is 14.0. The summed E-state index contributed by atoms with van der Waals surface area (Å²) in [7, 11) is 0. The van der Waals surface area contributed by atoms with Crippen molar-refractivity contribution in [3.8, 4) is 0 Å². The highest BCUT2D eigenvalue weighted by Crippen LogP contribution is 2.40. The van der Waals surface area contributed by atoms with Gasteiger partial charge in [0.25, 0.3) is 0 Å². The van der Waals surface area contributed by atoms with Crippen molar-refractivity contribution in [2.75, 3.05) is 19.7 Å². The van der Waals surface area contributed by atoms with Crippen LogP contribution in [-0.2, 0) is 9.53 Å². The Morgan fingerprint density at radius 3 is 2.67 bits per heavy atom. The van der Waals surface area contributed by atoms with Gasteiger partial charge in [-0.05, 0) is 43.1 Å². The first-order valence-electron chi connectivity index (χ1n) is 8.95. The Morgan fingerprint density at radius 1 is 1.12 bits per heavy atom. The lowest BCUT2D eigenvalue weighted by molar-refractivity contribution is -0.144. The van der Waals surface area contributed by atoms with Crippen molar-refractivity contribution in [2.45, 2.75) is 37.8 Å². The number of hydrogen-bond acceptors (Lipinski definition) is 3. The van der Waals surface area contributed by atoms with E-state index in [0.717, 1.165) is 44.5 Å². The Morgan fingerprint density at radius 2 is 1.92 bits per heavy atom. The second-order valence-corrected chi connectivity index (χ2v) is 7.36. The average Bonchev–Trinajstić information content (AvgIpc) is 3.17. The van der Waals surface area contributed by atoms with Gasteiger partial charge in [0.2, 0.25) is 5.91 Å². The molecule has 132 valence electrons. The fourth-order valence-electron chi connectivity index (χ4n) is 4.73. The maximum atomic E-state index is 13.1. The van der Waals surface area contributed by atoms with E-state index in [2.05, 4.69) is 17.0 Å². The zero-order chi connectivity index (χ0) is 15.8. The van der Waals surface area contributed by atoms with Crippen molar-refractivity contribution < 1.29 is 9.53 Å². The van der Waals surface area contributed by atoms with Gasteiger partial charge in [-0.1, -0.05) is 30.3 Å². The van der Waals surface area contributed by atoms with E-state index in [0.29, 0.717) is 11.8 Å². The molecule has 5 unspecified atom stereocenters. The average molecular weight is 351 g/mol. The number of carbonyl (C=O) groups excluding carboxylic acids is 1. The van der Waals surface area contributed by atoms with Crippen LogP contribution in [0.3, 0.4) is 0 Å². The monoisotopic (exact) mass is 350 g/mol. The number of nitrogens with two attached hydrogens (primary N) is 1. The lowest BCUT2D eigenvalue weighted by Crippen LogP contribution is -2.41. The van der Waals surface area contributed by atoms with Gasteiger partial charge in [0.15, 0.2) is 0 Å². The van der Waals surface area contributed by atoms with Crippen molar-refractivity contribution >= 4 is 18.3 Å². The number of nitrogens with zero attached hydrogens (tertiary/aromatic N) is 1. The smallest absolute Gasteiger partial charge is 0.228 e. The number of hydrogen-bond donors (Lipinski definition) is 1. The third kappa shape index (κ3) is 3.19. The van der Waals surface area contributed by atoms with Crippen LogP contribution < -0.4 is 5.73 Å². The van der Waals surface area contributed by atoms with Gasteiger partial charge < -0.3 is 15.4 Å². The summed E-state index contributed by atoms with van der Waals surface area (Å²) in [6.07, 6.45) is 4.11. The Hall–Kier alpha value is -1.10. The van der Waals surface area contributed by atoms with Crippen LogP contribution in [0.2, 0.25) is 0 Å². The van der Waals surface area contributed by atoms with E-state index in [-0.39, 0.29) is 36.4 Å². The van der Waals surface area contributed by atoms with E-state index in [1.165, 1.54) is 6.42 Å². The summed E-state index contributed by atoms with van der Waals surface area (Å²) in [5.74, 6) is 1.37. The molecule has 2 heterocycles. The van der Waals surface area contributed by atoms with Gasteiger partial charge in [-0.3, -0.25) is 4.79 Å². The van der Waals surface area contributed by atoms with Crippen LogP contribution in [-0.4, -0.2) is 36.5 Å². The molecule has 0 aromatic heterocycles. The van der Waals surface area contributed by atoms with Crippen LogP contribution in [0, 0.1) is 17.8 Å². The number of ether oxygens (including phenoxy) is 1. The summed E-state index contributed by atoms with van der Waals surface area (Å²) in [6, 6.07) is 10.5. The highest BCUT2D eigenvalue weighted by atomic mass is 35.5. The SMILES string of the molecule is Cl.NC1CCC2CN(C(=O)C3CCCOC3c3ccccc3)CC12. The highest BCUT2D eigenvalue weighted by molar-refractivity contribution is 5.85. The van der Waals surface area contributed by atoms with Crippen LogP contribution >= 0.6 is 12.4 Å². The molecule has 2 saturated heterocycles. The molecule has 3 fully saturated rings. The number of carbonyl (C=O) groups is 1. The van der Waals surface area contributed by atoms with Crippen molar-refractivity contribution in [1.29, 1.82) is 0 Å².